The molecule has 0 heterocycles. The third-order valence-corrected chi connectivity index (χ3v) is 4.54. The fourth-order valence-electron chi connectivity index (χ4n) is 3.38. The standard InChI is InChI=1S/C19H29N3/c1-3-7-15(13-20)19(22-2)12-18(21)17-11-6-9-14-8-4-5-10-16(14)17/h4-5,7-8,10,12,17,19,22H,3,6,9,11,13,20-21H2,1-2H3/b15-7+,18-12-. The van der Waals surface area contributed by atoms with E-state index in [2.05, 4.69) is 48.7 Å². The quantitative estimate of drug-likeness (QED) is 0.708. The van der Waals surface area contributed by atoms with Crippen LogP contribution in [0.15, 0.2) is 47.7 Å². The van der Waals surface area contributed by atoms with Gasteiger partial charge in [0, 0.05) is 24.2 Å². The molecule has 1 aromatic rings. The van der Waals surface area contributed by atoms with Gasteiger partial charge in [-0.1, -0.05) is 37.3 Å². The van der Waals surface area contributed by atoms with Crippen molar-refractivity contribution in [2.45, 2.75) is 44.6 Å². The molecule has 1 aliphatic carbocycles. The summed E-state index contributed by atoms with van der Waals surface area (Å²) < 4.78 is 0. The lowest BCUT2D eigenvalue weighted by Gasteiger charge is -2.27. The molecule has 3 heteroatoms. The van der Waals surface area contributed by atoms with Crippen molar-refractivity contribution in [1.82, 2.24) is 5.32 Å². The van der Waals surface area contributed by atoms with E-state index in [-0.39, 0.29) is 6.04 Å². The topological polar surface area (TPSA) is 64.1 Å². The number of nitrogens with one attached hydrogen (secondary N) is 1. The molecule has 0 radical (unpaired) electrons. The normalized spacial score (nSPS) is 20.6. The number of hydrogen-bond donors (Lipinski definition) is 3. The summed E-state index contributed by atoms with van der Waals surface area (Å²) in [5.74, 6) is 0.335. The molecule has 0 amide bonds. The molecule has 0 aromatic heterocycles. The number of likely N-dealkylation sites (N-methyl/N-ethyl adjacent to an activating group) is 1. The zero-order chi connectivity index (χ0) is 15.9. The number of benzene rings is 1. The van der Waals surface area contributed by atoms with Crippen molar-refractivity contribution in [3.05, 3.63) is 58.8 Å². The number of hydrogen-bond acceptors (Lipinski definition) is 3. The second kappa shape index (κ2) is 8.16. The Morgan fingerprint density at radius 2 is 2.18 bits per heavy atom. The highest BCUT2D eigenvalue weighted by molar-refractivity contribution is 5.38. The lowest BCUT2D eigenvalue weighted by Crippen LogP contribution is -2.31. The highest BCUT2D eigenvalue weighted by Gasteiger charge is 2.22. The molecule has 0 bridgehead atoms. The Bertz CT molecular complexity index is 545. The summed E-state index contributed by atoms with van der Waals surface area (Å²) in [6.07, 6.45) is 8.84. The van der Waals surface area contributed by atoms with E-state index in [0.29, 0.717) is 12.5 Å². The highest BCUT2D eigenvalue weighted by Crippen LogP contribution is 2.35. The minimum Gasteiger partial charge on any atom is -0.402 e. The third-order valence-electron chi connectivity index (χ3n) is 4.54. The van der Waals surface area contributed by atoms with E-state index in [9.17, 15) is 0 Å². The third kappa shape index (κ3) is 3.79. The molecule has 3 nitrogen and oxygen atoms in total. The van der Waals surface area contributed by atoms with Gasteiger partial charge in [-0.25, -0.2) is 0 Å². The smallest absolute Gasteiger partial charge is 0.0495 e. The van der Waals surface area contributed by atoms with E-state index < -0.39 is 0 Å². The number of nitrogens with two attached hydrogens (primary N) is 2. The van der Waals surface area contributed by atoms with Gasteiger partial charge in [0.1, 0.15) is 0 Å². The van der Waals surface area contributed by atoms with Crippen LogP contribution in [0.3, 0.4) is 0 Å². The Morgan fingerprint density at radius 3 is 2.86 bits per heavy atom. The summed E-state index contributed by atoms with van der Waals surface area (Å²) in [6, 6.07) is 8.81. The van der Waals surface area contributed by atoms with Crippen LogP contribution in [0, 0.1) is 0 Å². The Balaban J connectivity index is 2.27. The van der Waals surface area contributed by atoms with Crippen LogP contribution in [0.1, 0.15) is 43.2 Å². The second-order valence-electron chi connectivity index (χ2n) is 5.97. The molecule has 1 aromatic carbocycles. The van der Waals surface area contributed by atoms with Gasteiger partial charge in [-0.05, 0) is 55.5 Å². The zero-order valence-corrected chi connectivity index (χ0v) is 13.8. The van der Waals surface area contributed by atoms with E-state index in [4.69, 9.17) is 11.5 Å². The van der Waals surface area contributed by atoms with Gasteiger partial charge in [-0.3, -0.25) is 0 Å². The van der Waals surface area contributed by atoms with Crippen molar-refractivity contribution in [3.8, 4) is 0 Å². The van der Waals surface area contributed by atoms with Gasteiger partial charge >= 0.3 is 0 Å². The summed E-state index contributed by atoms with van der Waals surface area (Å²) in [5.41, 5.74) is 17.4. The molecule has 2 rings (SSSR count). The van der Waals surface area contributed by atoms with Crippen LogP contribution in [0.5, 0.6) is 0 Å². The number of aryl methyl sites for hydroxylation is 1. The van der Waals surface area contributed by atoms with E-state index in [0.717, 1.165) is 18.5 Å². The van der Waals surface area contributed by atoms with Crippen molar-refractivity contribution in [1.29, 1.82) is 0 Å². The first-order chi connectivity index (χ1) is 10.7. The number of fused-ring (bicyclic) bond motifs is 1. The average Bonchev–Trinajstić information content (AvgIpc) is 2.57. The minimum atomic E-state index is 0.124. The van der Waals surface area contributed by atoms with E-state index in [1.165, 1.54) is 29.5 Å². The van der Waals surface area contributed by atoms with Crippen LogP contribution >= 0.6 is 0 Å². The first-order valence-electron chi connectivity index (χ1n) is 8.32. The molecule has 2 atom stereocenters. The molecule has 120 valence electrons. The van der Waals surface area contributed by atoms with Gasteiger partial charge in [0.05, 0.1) is 0 Å². The van der Waals surface area contributed by atoms with Gasteiger partial charge in [0.15, 0.2) is 0 Å². The van der Waals surface area contributed by atoms with Gasteiger partial charge in [0.2, 0.25) is 0 Å². The summed E-state index contributed by atoms with van der Waals surface area (Å²) in [4.78, 5) is 0. The monoisotopic (exact) mass is 299 g/mol. The SMILES string of the molecule is CC/C=C(\CN)C(/C=C(\N)C1CCCc2ccccc21)NC. The van der Waals surface area contributed by atoms with Gasteiger partial charge in [0.25, 0.3) is 0 Å². The van der Waals surface area contributed by atoms with Crippen molar-refractivity contribution in [2.24, 2.45) is 11.5 Å². The molecular formula is C19H29N3. The molecule has 0 saturated heterocycles. The van der Waals surface area contributed by atoms with Gasteiger partial charge in [-0.2, -0.15) is 0 Å². The van der Waals surface area contributed by atoms with Gasteiger partial charge < -0.3 is 16.8 Å². The van der Waals surface area contributed by atoms with Crippen LogP contribution < -0.4 is 16.8 Å². The van der Waals surface area contributed by atoms with Crippen LogP contribution in [0.25, 0.3) is 0 Å². The lowest BCUT2D eigenvalue weighted by molar-refractivity contribution is 0.597. The zero-order valence-electron chi connectivity index (χ0n) is 13.8. The molecule has 0 aliphatic heterocycles. The molecule has 1 aliphatic rings. The summed E-state index contributed by atoms with van der Waals surface area (Å²) >= 11 is 0. The predicted molar refractivity (Wildman–Crippen MR) is 94.7 cm³/mol. The van der Waals surface area contributed by atoms with Crippen LogP contribution in [-0.4, -0.2) is 19.6 Å². The van der Waals surface area contributed by atoms with Crippen molar-refractivity contribution in [3.63, 3.8) is 0 Å². The van der Waals surface area contributed by atoms with E-state index in [1.807, 2.05) is 7.05 Å². The van der Waals surface area contributed by atoms with E-state index in [1.54, 1.807) is 0 Å². The highest BCUT2D eigenvalue weighted by atomic mass is 14.9. The molecule has 0 fully saturated rings. The maximum atomic E-state index is 6.48. The Hall–Kier alpha value is -1.58. The van der Waals surface area contributed by atoms with Crippen molar-refractivity contribution < 1.29 is 0 Å². The number of rotatable bonds is 6. The summed E-state index contributed by atoms with van der Waals surface area (Å²) in [5, 5.41) is 3.33. The summed E-state index contributed by atoms with van der Waals surface area (Å²) in [6.45, 7) is 2.69. The molecular weight excluding hydrogens is 270 g/mol. The molecule has 2 unspecified atom stereocenters. The average molecular weight is 299 g/mol. The van der Waals surface area contributed by atoms with Crippen molar-refractivity contribution >= 4 is 0 Å². The predicted octanol–water partition coefficient (Wildman–Crippen LogP) is 2.83. The molecule has 5 N–H and O–H groups in total. The lowest BCUT2D eigenvalue weighted by atomic mass is 9.80. The maximum Gasteiger partial charge on any atom is 0.0495 e. The molecule has 0 saturated carbocycles. The molecule has 22 heavy (non-hydrogen) atoms. The Labute approximate surface area is 134 Å². The van der Waals surface area contributed by atoms with E-state index >= 15 is 0 Å². The van der Waals surface area contributed by atoms with Gasteiger partial charge in [-0.15, -0.1) is 0 Å². The number of allylic oxidation sites excluding steroid dienone is 2. The Kier molecular flexibility index (Phi) is 6.22. The van der Waals surface area contributed by atoms with Crippen molar-refractivity contribution in [2.75, 3.05) is 13.6 Å². The van der Waals surface area contributed by atoms with Crippen LogP contribution in [-0.2, 0) is 6.42 Å². The van der Waals surface area contributed by atoms with Crippen LogP contribution in [0.4, 0.5) is 0 Å². The Morgan fingerprint density at radius 1 is 1.41 bits per heavy atom. The molecule has 0 spiro atoms. The fraction of sp³-hybridized carbons (Fsp3) is 0.474. The summed E-state index contributed by atoms with van der Waals surface area (Å²) in [7, 11) is 1.96. The fourth-order valence-corrected chi connectivity index (χ4v) is 3.38. The first kappa shape index (κ1) is 16.8. The largest absolute Gasteiger partial charge is 0.402 e. The maximum absolute atomic E-state index is 6.48. The minimum absolute atomic E-state index is 0.124. The second-order valence-corrected chi connectivity index (χ2v) is 5.97. The first-order valence-corrected chi connectivity index (χ1v) is 8.32. The van der Waals surface area contributed by atoms with Crippen LogP contribution in [0.2, 0.25) is 0 Å².